The Balaban J connectivity index is 1.11. The quantitative estimate of drug-likeness (QED) is 0.152. The lowest BCUT2D eigenvalue weighted by molar-refractivity contribution is -0.275. The van der Waals surface area contributed by atoms with E-state index in [-0.39, 0.29) is 24.6 Å². The van der Waals surface area contributed by atoms with E-state index in [1.165, 1.54) is 30.4 Å². The summed E-state index contributed by atoms with van der Waals surface area (Å²) < 4.78 is 105. The highest BCUT2D eigenvalue weighted by Gasteiger charge is 2.44. The maximum Gasteiger partial charge on any atom is 0.573 e. The van der Waals surface area contributed by atoms with Crippen molar-refractivity contribution in [2.75, 3.05) is 0 Å². The van der Waals surface area contributed by atoms with Crippen molar-refractivity contribution < 1.29 is 40.2 Å². The molecule has 0 bridgehead atoms. The van der Waals surface area contributed by atoms with Crippen molar-refractivity contribution >= 4 is 0 Å². The molecule has 0 aromatic heterocycles. The highest BCUT2D eigenvalue weighted by atomic mass is 19.4. The number of alkyl halides is 5. The van der Waals surface area contributed by atoms with Gasteiger partial charge in [0.1, 0.15) is 11.6 Å². The molecule has 3 aromatic carbocycles. The van der Waals surface area contributed by atoms with Gasteiger partial charge in [0.05, 0.1) is 5.92 Å². The minimum Gasteiger partial charge on any atom is -0.432 e. The maximum atomic E-state index is 15.4. The van der Waals surface area contributed by atoms with Gasteiger partial charge in [-0.25, -0.2) is 8.78 Å². The van der Waals surface area contributed by atoms with E-state index >= 15 is 4.39 Å². The second-order valence-corrected chi connectivity index (χ2v) is 12.9. The number of benzene rings is 3. The average molecular weight is 651 g/mol. The Kier molecular flexibility index (Phi) is 10.9. The molecule has 0 unspecified atom stereocenters. The number of unbranched alkanes of at least 4 members (excludes halogenated alkanes) is 2. The fraction of sp³-hybridized carbons (Fsp3) is 0.514. The zero-order valence-corrected chi connectivity index (χ0v) is 26.0. The van der Waals surface area contributed by atoms with Gasteiger partial charge in [-0.05, 0) is 122 Å². The summed E-state index contributed by atoms with van der Waals surface area (Å²) in [5, 5.41) is 0. The van der Waals surface area contributed by atoms with Crippen LogP contribution < -0.4 is 9.47 Å². The minimum absolute atomic E-state index is 0.0559. The third-order valence-electron chi connectivity index (χ3n) is 9.77. The van der Waals surface area contributed by atoms with E-state index in [4.69, 9.17) is 4.74 Å². The molecule has 0 aliphatic heterocycles. The largest absolute Gasteiger partial charge is 0.573 e. The number of halogens is 7. The van der Waals surface area contributed by atoms with Crippen molar-refractivity contribution in [3.63, 3.8) is 0 Å². The first-order chi connectivity index (χ1) is 21.9. The topological polar surface area (TPSA) is 18.5 Å². The molecule has 0 heterocycles. The zero-order valence-electron chi connectivity index (χ0n) is 26.0. The Morgan fingerprint density at radius 2 is 1.24 bits per heavy atom. The molecular weight excluding hydrogens is 609 g/mol. The molecule has 0 radical (unpaired) electrons. The fourth-order valence-corrected chi connectivity index (χ4v) is 7.16. The van der Waals surface area contributed by atoms with E-state index in [1.807, 2.05) is 6.07 Å². The molecule has 46 heavy (non-hydrogen) atoms. The van der Waals surface area contributed by atoms with E-state index in [0.717, 1.165) is 43.7 Å². The van der Waals surface area contributed by atoms with Crippen LogP contribution in [0.2, 0.25) is 0 Å². The van der Waals surface area contributed by atoms with Gasteiger partial charge in [0.25, 0.3) is 0 Å². The molecule has 2 saturated carbocycles. The van der Waals surface area contributed by atoms with Gasteiger partial charge in [0.15, 0.2) is 11.6 Å². The first-order valence-electron chi connectivity index (χ1n) is 16.4. The SMILES string of the molecule is CCCCCc1ccc(C2CCC(c3ccc(C4CCC(C(F)(F)Oc5ccc(OC(F)(F)F)c(F)c5)CC4)c(F)c3)CC2)cc1. The van der Waals surface area contributed by atoms with Crippen LogP contribution in [0.3, 0.4) is 0 Å². The second kappa shape index (κ2) is 14.7. The molecule has 2 aliphatic carbocycles. The van der Waals surface area contributed by atoms with Gasteiger partial charge in [0, 0.05) is 6.07 Å². The molecule has 0 amide bonds. The summed E-state index contributed by atoms with van der Waals surface area (Å²) >= 11 is 0. The lowest BCUT2D eigenvalue weighted by atomic mass is 9.75. The Labute approximate surface area is 266 Å². The summed E-state index contributed by atoms with van der Waals surface area (Å²) in [6, 6.07) is 16.3. The number of ether oxygens (including phenoxy) is 2. The standard InChI is InChI=1S/C37H41F7O2/c1-2-3-4-5-24-6-8-25(9-7-24)26-10-12-27(13-11-26)29-16-20-32(33(38)22-29)28-14-17-30(18-15-28)36(40,41)45-31-19-21-35(34(39)23-31)46-37(42,43)44/h6-9,16,19-23,26-28,30H,2-5,10-15,17-18H2,1H3. The van der Waals surface area contributed by atoms with Gasteiger partial charge in [-0.1, -0.05) is 56.2 Å². The Hall–Kier alpha value is -3.23. The van der Waals surface area contributed by atoms with Gasteiger partial charge < -0.3 is 9.47 Å². The van der Waals surface area contributed by atoms with Crippen LogP contribution >= 0.6 is 0 Å². The highest BCUT2D eigenvalue weighted by molar-refractivity contribution is 5.34. The van der Waals surface area contributed by atoms with Gasteiger partial charge in [-0.3, -0.25) is 0 Å². The van der Waals surface area contributed by atoms with Crippen LogP contribution in [0.15, 0.2) is 60.7 Å². The van der Waals surface area contributed by atoms with Crippen LogP contribution in [0.5, 0.6) is 11.5 Å². The number of hydrogen-bond donors (Lipinski definition) is 0. The van der Waals surface area contributed by atoms with Crippen molar-refractivity contribution in [2.24, 2.45) is 5.92 Å². The Morgan fingerprint density at radius 3 is 1.83 bits per heavy atom. The zero-order chi connectivity index (χ0) is 32.9. The number of hydrogen-bond acceptors (Lipinski definition) is 2. The second-order valence-electron chi connectivity index (χ2n) is 12.9. The molecule has 0 atom stereocenters. The van der Waals surface area contributed by atoms with E-state index in [9.17, 15) is 26.3 Å². The maximum absolute atomic E-state index is 15.4. The molecule has 2 fully saturated rings. The van der Waals surface area contributed by atoms with Crippen LogP contribution in [0.25, 0.3) is 0 Å². The average Bonchev–Trinajstić information content (AvgIpc) is 3.02. The molecule has 5 rings (SSSR count). The number of aryl methyl sites for hydroxylation is 1. The van der Waals surface area contributed by atoms with Crippen LogP contribution in [0.1, 0.15) is 118 Å². The normalized spacial score (nSPS) is 22.4. The minimum atomic E-state index is -5.12. The number of rotatable bonds is 11. The van der Waals surface area contributed by atoms with Crippen molar-refractivity contribution in [3.8, 4) is 11.5 Å². The Morgan fingerprint density at radius 1 is 0.630 bits per heavy atom. The third kappa shape index (κ3) is 8.77. The van der Waals surface area contributed by atoms with E-state index in [0.29, 0.717) is 42.4 Å². The van der Waals surface area contributed by atoms with Crippen LogP contribution in [0, 0.1) is 17.6 Å². The van der Waals surface area contributed by atoms with Gasteiger partial charge in [-0.2, -0.15) is 8.78 Å². The summed E-state index contributed by atoms with van der Waals surface area (Å²) in [5.74, 6) is -4.12. The molecular formula is C37H41F7O2. The lowest BCUT2D eigenvalue weighted by Gasteiger charge is -2.34. The summed E-state index contributed by atoms with van der Waals surface area (Å²) in [7, 11) is 0. The van der Waals surface area contributed by atoms with E-state index in [1.54, 1.807) is 12.1 Å². The molecule has 250 valence electrons. The van der Waals surface area contributed by atoms with E-state index < -0.39 is 35.7 Å². The highest BCUT2D eigenvalue weighted by Crippen LogP contribution is 2.45. The van der Waals surface area contributed by atoms with Gasteiger partial charge >= 0.3 is 12.5 Å². The molecule has 0 N–H and O–H groups in total. The summed E-state index contributed by atoms with van der Waals surface area (Å²) in [6.45, 7) is 2.21. The molecule has 0 saturated heterocycles. The summed E-state index contributed by atoms with van der Waals surface area (Å²) in [4.78, 5) is 0. The summed E-state index contributed by atoms with van der Waals surface area (Å²) in [5.41, 5.74) is 4.28. The molecule has 2 nitrogen and oxygen atoms in total. The van der Waals surface area contributed by atoms with Crippen molar-refractivity contribution in [1.82, 2.24) is 0 Å². The molecule has 9 heteroatoms. The summed E-state index contributed by atoms with van der Waals surface area (Å²) in [6.07, 6.45) is 0.880. The predicted octanol–water partition coefficient (Wildman–Crippen LogP) is 12.0. The first-order valence-corrected chi connectivity index (χ1v) is 16.4. The monoisotopic (exact) mass is 650 g/mol. The lowest BCUT2D eigenvalue weighted by Crippen LogP contribution is -2.37. The molecule has 2 aliphatic rings. The predicted molar refractivity (Wildman–Crippen MR) is 163 cm³/mol. The van der Waals surface area contributed by atoms with E-state index in [2.05, 4.69) is 35.9 Å². The van der Waals surface area contributed by atoms with Crippen LogP contribution in [0.4, 0.5) is 30.7 Å². The first kappa shape index (κ1) is 34.1. The Bertz CT molecular complexity index is 1420. The van der Waals surface area contributed by atoms with Gasteiger partial charge in [0.2, 0.25) is 0 Å². The van der Waals surface area contributed by atoms with Crippen molar-refractivity contribution in [1.29, 1.82) is 0 Å². The van der Waals surface area contributed by atoms with Crippen molar-refractivity contribution in [3.05, 3.63) is 94.6 Å². The third-order valence-corrected chi connectivity index (χ3v) is 9.77. The van der Waals surface area contributed by atoms with Gasteiger partial charge in [-0.15, -0.1) is 13.2 Å². The smallest absolute Gasteiger partial charge is 0.432 e. The van der Waals surface area contributed by atoms with Crippen molar-refractivity contribution in [2.45, 2.75) is 114 Å². The van der Waals surface area contributed by atoms with Crippen LogP contribution in [-0.2, 0) is 6.42 Å². The fourth-order valence-electron chi connectivity index (χ4n) is 7.16. The molecule has 3 aromatic rings. The van der Waals surface area contributed by atoms with Crippen LogP contribution in [-0.4, -0.2) is 12.5 Å². The molecule has 0 spiro atoms.